The Balaban J connectivity index is 1.86. The first kappa shape index (κ1) is 16.6. The fourth-order valence-corrected chi connectivity index (χ4v) is 4.24. The molecule has 2 aromatic rings. The van der Waals surface area contributed by atoms with E-state index in [9.17, 15) is 9.59 Å². The van der Waals surface area contributed by atoms with E-state index in [1.165, 1.54) is 7.11 Å². The number of rotatable bonds is 2. The molecule has 2 aliphatic rings. The zero-order valence-corrected chi connectivity index (χ0v) is 15.1. The number of benzene rings is 2. The molecule has 0 radical (unpaired) electrons. The van der Waals surface area contributed by atoms with Gasteiger partial charge in [0.1, 0.15) is 0 Å². The highest BCUT2D eigenvalue weighted by molar-refractivity contribution is 6.10. The van der Waals surface area contributed by atoms with Crippen LogP contribution in [0.4, 0.5) is 0 Å². The summed E-state index contributed by atoms with van der Waals surface area (Å²) in [4.78, 5) is 25.7. The summed E-state index contributed by atoms with van der Waals surface area (Å²) in [5.74, 6) is -0.661. The number of esters is 1. The summed E-state index contributed by atoms with van der Waals surface area (Å²) >= 11 is 0. The average molecular weight is 348 g/mol. The number of ketones is 1. The molecule has 5 heteroatoms. The maximum atomic E-state index is 13.4. The highest BCUT2D eigenvalue weighted by Gasteiger charge is 2.55. The molecule has 2 aromatic carbocycles. The fourth-order valence-electron chi connectivity index (χ4n) is 4.24. The van der Waals surface area contributed by atoms with Gasteiger partial charge in [-0.3, -0.25) is 4.79 Å². The van der Waals surface area contributed by atoms with Crippen LogP contribution < -0.4 is 0 Å². The van der Waals surface area contributed by atoms with E-state index in [1.807, 2.05) is 44.2 Å². The van der Waals surface area contributed by atoms with Crippen LogP contribution in [0.1, 0.15) is 48.9 Å². The molecule has 1 aliphatic heterocycles. The third kappa shape index (κ3) is 2.23. The van der Waals surface area contributed by atoms with Gasteiger partial charge in [-0.05, 0) is 36.6 Å². The molecule has 0 unspecified atom stereocenters. The summed E-state index contributed by atoms with van der Waals surface area (Å²) in [7, 11) is 1.37. The van der Waals surface area contributed by atoms with Crippen molar-refractivity contribution in [3.8, 4) is 0 Å². The van der Waals surface area contributed by atoms with Gasteiger partial charge in [0, 0.05) is 17.9 Å². The molecule has 0 fully saturated rings. The van der Waals surface area contributed by atoms with Gasteiger partial charge in [-0.15, -0.1) is 0 Å². The summed E-state index contributed by atoms with van der Waals surface area (Å²) in [5.41, 5.74) is 4.07. The van der Waals surface area contributed by atoms with Crippen LogP contribution in [0.2, 0.25) is 0 Å². The molecule has 1 aliphatic carbocycles. The number of nitrogens with zero attached hydrogens (tertiary/aromatic N) is 2. The minimum absolute atomic E-state index is 0.00849. The Morgan fingerprint density at radius 1 is 1.23 bits per heavy atom. The molecule has 0 N–H and O–H groups in total. The lowest BCUT2D eigenvalue weighted by atomic mass is 9.76. The normalized spacial score (nSPS) is 23.5. The Morgan fingerprint density at radius 3 is 2.77 bits per heavy atom. The van der Waals surface area contributed by atoms with Gasteiger partial charge in [-0.2, -0.15) is 10.2 Å². The summed E-state index contributed by atoms with van der Waals surface area (Å²) < 4.78 is 4.95. The van der Waals surface area contributed by atoms with Gasteiger partial charge < -0.3 is 4.74 Å². The molecule has 0 saturated heterocycles. The minimum atomic E-state index is -0.953. The predicted octanol–water partition coefficient (Wildman–Crippen LogP) is 3.82. The first-order valence-electron chi connectivity index (χ1n) is 8.69. The largest absolute Gasteiger partial charge is 0.465 e. The molecule has 0 saturated carbocycles. The van der Waals surface area contributed by atoms with Crippen LogP contribution in [-0.4, -0.2) is 30.9 Å². The van der Waals surface area contributed by atoms with Gasteiger partial charge in [0.2, 0.25) is 0 Å². The highest BCUT2D eigenvalue weighted by Crippen LogP contribution is 2.48. The maximum Gasteiger partial charge on any atom is 0.338 e. The predicted molar refractivity (Wildman–Crippen MR) is 96.9 cm³/mol. The van der Waals surface area contributed by atoms with Crippen molar-refractivity contribution in [1.82, 2.24) is 0 Å². The van der Waals surface area contributed by atoms with Crippen molar-refractivity contribution < 1.29 is 14.3 Å². The van der Waals surface area contributed by atoms with E-state index in [0.29, 0.717) is 18.5 Å². The van der Waals surface area contributed by atoms with E-state index >= 15 is 0 Å². The second-order valence-corrected chi connectivity index (χ2v) is 7.10. The van der Waals surface area contributed by atoms with Gasteiger partial charge in [-0.25, -0.2) is 4.79 Å². The van der Waals surface area contributed by atoms with Crippen molar-refractivity contribution in [3.05, 3.63) is 69.8 Å². The van der Waals surface area contributed by atoms with E-state index in [0.717, 1.165) is 27.8 Å². The Labute approximate surface area is 152 Å². The molecule has 0 aromatic heterocycles. The van der Waals surface area contributed by atoms with Crippen LogP contribution in [0.15, 0.2) is 46.6 Å². The molecule has 132 valence electrons. The van der Waals surface area contributed by atoms with E-state index in [4.69, 9.17) is 4.74 Å². The quantitative estimate of drug-likeness (QED) is 0.775. The minimum Gasteiger partial charge on any atom is -0.465 e. The molecule has 1 spiro atoms. The fraction of sp³-hybridized carbons (Fsp3) is 0.333. The smallest absolute Gasteiger partial charge is 0.338 e. The van der Waals surface area contributed by atoms with Crippen molar-refractivity contribution >= 4 is 11.8 Å². The van der Waals surface area contributed by atoms with E-state index in [2.05, 4.69) is 10.2 Å². The molecule has 1 heterocycles. The molecular weight excluding hydrogens is 328 g/mol. The zero-order chi connectivity index (χ0) is 18.5. The number of azo groups is 1. The molecule has 0 amide bonds. The lowest BCUT2D eigenvalue weighted by molar-refractivity contribution is 0.0597. The van der Waals surface area contributed by atoms with Gasteiger partial charge in [-0.1, -0.05) is 35.9 Å². The molecule has 2 atom stereocenters. The highest BCUT2D eigenvalue weighted by atomic mass is 16.5. The monoisotopic (exact) mass is 348 g/mol. The Bertz CT molecular complexity index is 964. The summed E-state index contributed by atoms with van der Waals surface area (Å²) in [5, 5.41) is 8.69. The second-order valence-electron chi connectivity index (χ2n) is 7.10. The first-order chi connectivity index (χ1) is 12.5. The third-order valence-electron chi connectivity index (χ3n) is 5.52. The summed E-state index contributed by atoms with van der Waals surface area (Å²) in [6.45, 7) is 4.31. The topological polar surface area (TPSA) is 68.1 Å². The molecule has 4 rings (SSSR count). The molecular formula is C21H20N2O3. The number of ether oxygens (including phenoxy) is 1. The standard InChI is InChI=1S/C21H20N2O3/c1-12-7-8-15(20(25)26-3)16(9-12)17-11-22-23-21(17)10-14-6-4-5-13(2)18(14)19(21)24/h4-9,17H,10-11H2,1-3H3/t17-,21-/m0/s1. The number of methoxy groups -OCH3 is 1. The molecule has 26 heavy (non-hydrogen) atoms. The molecule has 5 nitrogen and oxygen atoms in total. The van der Waals surface area contributed by atoms with Gasteiger partial charge in [0.15, 0.2) is 11.3 Å². The van der Waals surface area contributed by atoms with Crippen molar-refractivity contribution in [3.63, 3.8) is 0 Å². The van der Waals surface area contributed by atoms with Crippen LogP contribution in [0.25, 0.3) is 0 Å². The van der Waals surface area contributed by atoms with Crippen molar-refractivity contribution in [2.75, 3.05) is 13.7 Å². The van der Waals surface area contributed by atoms with Crippen LogP contribution in [0.3, 0.4) is 0 Å². The number of hydrogen-bond donors (Lipinski definition) is 0. The van der Waals surface area contributed by atoms with Crippen molar-refractivity contribution in [2.24, 2.45) is 10.2 Å². The average Bonchev–Trinajstić information content (AvgIpc) is 3.17. The van der Waals surface area contributed by atoms with E-state index in [1.54, 1.807) is 6.07 Å². The van der Waals surface area contributed by atoms with Gasteiger partial charge in [0.25, 0.3) is 0 Å². The van der Waals surface area contributed by atoms with Crippen LogP contribution >= 0.6 is 0 Å². The Kier molecular flexibility index (Phi) is 3.75. The van der Waals surface area contributed by atoms with E-state index in [-0.39, 0.29) is 11.7 Å². The lowest BCUT2D eigenvalue weighted by Gasteiger charge is -2.27. The van der Waals surface area contributed by atoms with Crippen molar-refractivity contribution in [2.45, 2.75) is 31.7 Å². The lowest BCUT2D eigenvalue weighted by Crippen LogP contribution is -2.39. The number of fused-ring (bicyclic) bond motifs is 1. The Morgan fingerprint density at radius 2 is 2.04 bits per heavy atom. The maximum absolute atomic E-state index is 13.4. The summed E-state index contributed by atoms with van der Waals surface area (Å²) in [6, 6.07) is 11.5. The number of Topliss-reactive ketones (excluding diaryl/α,β-unsaturated/α-hetero) is 1. The van der Waals surface area contributed by atoms with Crippen LogP contribution in [0, 0.1) is 13.8 Å². The number of carbonyl (C=O) groups excluding carboxylic acids is 2. The SMILES string of the molecule is COC(=O)c1ccc(C)cc1[C@@H]1CN=N[C@@]12Cc1cccc(C)c1C2=O. The number of carbonyl (C=O) groups is 2. The second kappa shape index (κ2) is 5.87. The van der Waals surface area contributed by atoms with Crippen LogP contribution in [-0.2, 0) is 11.2 Å². The Hall–Kier alpha value is -2.82. The van der Waals surface area contributed by atoms with Crippen LogP contribution in [0.5, 0.6) is 0 Å². The summed E-state index contributed by atoms with van der Waals surface area (Å²) in [6.07, 6.45) is 0.519. The number of hydrogen-bond acceptors (Lipinski definition) is 5. The molecule has 0 bridgehead atoms. The van der Waals surface area contributed by atoms with Gasteiger partial charge >= 0.3 is 5.97 Å². The van der Waals surface area contributed by atoms with Gasteiger partial charge in [0.05, 0.1) is 19.2 Å². The van der Waals surface area contributed by atoms with Crippen molar-refractivity contribution in [1.29, 1.82) is 0 Å². The zero-order valence-electron chi connectivity index (χ0n) is 15.1. The third-order valence-corrected chi connectivity index (χ3v) is 5.52. The number of aryl methyl sites for hydroxylation is 2. The first-order valence-corrected chi connectivity index (χ1v) is 8.69. The van der Waals surface area contributed by atoms with E-state index < -0.39 is 11.5 Å².